The molecule has 0 spiro atoms. The monoisotopic (exact) mass is 218 g/mol. The quantitative estimate of drug-likeness (QED) is 0.589. The van der Waals surface area contributed by atoms with Crippen LogP contribution in [0, 0.1) is 11.3 Å². The van der Waals surface area contributed by atoms with Crippen molar-refractivity contribution in [1.29, 1.82) is 5.41 Å². The van der Waals surface area contributed by atoms with E-state index in [4.69, 9.17) is 15.9 Å². The zero-order valence-electron chi connectivity index (χ0n) is 9.41. The van der Waals surface area contributed by atoms with Crippen LogP contribution in [0.3, 0.4) is 0 Å². The molecule has 0 heterocycles. The van der Waals surface area contributed by atoms with Gasteiger partial charge in [-0.05, 0) is 24.5 Å². The molecular formula is C13H18N2O. The minimum Gasteiger partial charge on any atom is -0.493 e. The van der Waals surface area contributed by atoms with E-state index in [0.717, 1.165) is 24.7 Å². The smallest absolute Gasteiger partial charge is 0.130 e. The lowest BCUT2D eigenvalue weighted by atomic mass is 9.83. The fraction of sp³-hybridized carbons (Fsp3) is 0.462. The number of ether oxygens (including phenoxy) is 1. The van der Waals surface area contributed by atoms with Crippen LogP contribution in [0.1, 0.15) is 31.2 Å². The molecule has 1 aliphatic carbocycles. The Bertz CT molecular complexity index is 372. The van der Waals surface area contributed by atoms with Gasteiger partial charge in [-0.2, -0.15) is 0 Å². The molecule has 16 heavy (non-hydrogen) atoms. The molecule has 3 N–H and O–H groups in total. The van der Waals surface area contributed by atoms with Crippen molar-refractivity contribution in [3.05, 3.63) is 29.8 Å². The molecule has 1 fully saturated rings. The zero-order chi connectivity index (χ0) is 11.4. The van der Waals surface area contributed by atoms with E-state index in [2.05, 4.69) is 0 Å². The van der Waals surface area contributed by atoms with Gasteiger partial charge in [0.2, 0.25) is 0 Å². The van der Waals surface area contributed by atoms with Gasteiger partial charge in [0.1, 0.15) is 11.6 Å². The fourth-order valence-corrected chi connectivity index (χ4v) is 1.93. The maximum absolute atomic E-state index is 7.44. The first-order valence-corrected chi connectivity index (χ1v) is 5.83. The van der Waals surface area contributed by atoms with Gasteiger partial charge in [-0.15, -0.1) is 0 Å². The molecule has 0 atom stereocenters. The van der Waals surface area contributed by atoms with Crippen molar-refractivity contribution in [2.75, 3.05) is 6.61 Å². The summed E-state index contributed by atoms with van der Waals surface area (Å²) in [5, 5.41) is 7.44. The van der Waals surface area contributed by atoms with Crippen molar-refractivity contribution in [3.8, 4) is 5.75 Å². The van der Waals surface area contributed by atoms with Gasteiger partial charge in [0.25, 0.3) is 0 Å². The van der Waals surface area contributed by atoms with Gasteiger partial charge in [-0.1, -0.05) is 31.4 Å². The summed E-state index contributed by atoms with van der Waals surface area (Å²) in [5.41, 5.74) is 6.18. The third-order valence-corrected chi connectivity index (χ3v) is 3.19. The van der Waals surface area contributed by atoms with Crippen LogP contribution in [0.2, 0.25) is 0 Å². The summed E-state index contributed by atoms with van der Waals surface area (Å²) >= 11 is 0. The summed E-state index contributed by atoms with van der Waals surface area (Å²) in [7, 11) is 0. The topological polar surface area (TPSA) is 59.1 Å². The lowest BCUT2D eigenvalue weighted by Gasteiger charge is -2.25. The van der Waals surface area contributed by atoms with Crippen LogP contribution in [-0.2, 0) is 0 Å². The predicted octanol–water partition coefficient (Wildman–Crippen LogP) is 2.54. The van der Waals surface area contributed by atoms with Crippen molar-refractivity contribution in [2.45, 2.75) is 25.7 Å². The summed E-state index contributed by atoms with van der Waals surface area (Å²) in [4.78, 5) is 0. The summed E-state index contributed by atoms with van der Waals surface area (Å²) in [6.45, 7) is 0.731. The van der Waals surface area contributed by atoms with Crippen molar-refractivity contribution in [3.63, 3.8) is 0 Å². The van der Waals surface area contributed by atoms with E-state index in [1.54, 1.807) is 0 Å². The molecule has 1 aromatic carbocycles. The van der Waals surface area contributed by atoms with Crippen molar-refractivity contribution in [1.82, 2.24) is 0 Å². The van der Waals surface area contributed by atoms with E-state index >= 15 is 0 Å². The van der Waals surface area contributed by atoms with Crippen LogP contribution < -0.4 is 10.5 Å². The highest BCUT2D eigenvalue weighted by Gasteiger charge is 2.17. The van der Waals surface area contributed by atoms with Gasteiger partial charge in [0, 0.05) is 0 Å². The highest BCUT2D eigenvalue weighted by molar-refractivity contribution is 5.97. The molecule has 1 saturated carbocycles. The Morgan fingerprint density at radius 3 is 2.75 bits per heavy atom. The Kier molecular flexibility index (Phi) is 3.44. The predicted molar refractivity (Wildman–Crippen MR) is 64.9 cm³/mol. The standard InChI is InChI=1S/C13H18N2O/c14-13(15)11-6-1-2-7-12(11)16-9-8-10-4-3-5-10/h1-2,6-7,10H,3-5,8-9H2,(H3,14,15). The molecule has 0 aliphatic heterocycles. The molecular weight excluding hydrogens is 200 g/mol. The molecule has 0 amide bonds. The number of rotatable bonds is 5. The summed E-state index contributed by atoms with van der Waals surface area (Å²) in [6.07, 6.45) is 5.18. The number of nitrogens with one attached hydrogen (secondary N) is 1. The van der Waals surface area contributed by atoms with Crippen LogP contribution in [0.5, 0.6) is 5.75 Å². The normalized spacial score (nSPS) is 15.5. The number of hydrogen-bond donors (Lipinski definition) is 2. The van der Waals surface area contributed by atoms with Crippen molar-refractivity contribution >= 4 is 5.84 Å². The van der Waals surface area contributed by atoms with Gasteiger partial charge < -0.3 is 10.5 Å². The lowest BCUT2D eigenvalue weighted by Crippen LogP contribution is -2.16. The molecule has 0 saturated heterocycles. The second kappa shape index (κ2) is 5.01. The molecule has 86 valence electrons. The molecule has 0 bridgehead atoms. The molecule has 3 heteroatoms. The first-order chi connectivity index (χ1) is 7.77. The Morgan fingerprint density at radius 2 is 2.12 bits per heavy atom. The van der Waals surface area contributed by atoms with Gasteiger partial charge in [-0.3, -0.25) is 5.41 Å². The van der Waals surface area contributed by atoms with Crippen LogP contribution in [0.4, 0.5) is 0 Å². The zero-order valence-corrected chi connectivity index (χ0v) is 9.41. The number of nitrogen functional groups attached to an aromatic ring is 1. The highest BCUT2D eigenvalue weighted by Crippen LogP contribution is 2.29. The average Bonchev–Trinajstić information content (AvgIpc) is 2.22. The van der Waals surface area contributed by atoms with E-state index < -0.39 is 0 Å². The first-order valence-electron chi connectivity index (χ1n) is 5.83. The van der Waals surface area contributed by atoms with Crippen LogP contribution in [0.15, 0.2) is 24.3 Å². The van der Waals surface area contributed by atoms with Gasteiger partial charge in [0.15, 0.2) is 0 Å². The summed E-state index contributed by atoms with van der Waals surface area (Å²) < 4.78 is 5.68. The van der Waals surface area contributed by atoms with Crippen molar-refractivity contribution < 1.29 is 4.74 Å². The Hall–Kier alpha value is -1.51. The lowest BCUT2D eigenvalue weighted by molar-refractivity contribution is 0.222. The van der Waals surface area contributed by atoms with Crippen LogP contribution >= 0.6 is 0 Å². The fourth-order valence-electron chi connectivity index (χ4n) is 1.93. The number of hydrogen-bond acceptors (Lipinski definition) is 2. The third kappa shape index (κ3) is 2.54. The highest BCUT2D eigenvalue weighted by atomic mass is 16.5. The van der Waals surface area contributed by atoms with E-state index in [-0.39, 0.29) is 5.84 Å². The Balaban J connectivity index is 1.89. The van der Waals surface area contributed by atoms with Crippen LogP contribution in [0.25, 0.3) is 0 Å². The maximum atomic E-state index is 7.44. The largest absolute Gasteiger partial charge is 0.493 e. The molecule has 1 aromatic rings. The third-order valence-electron chi connectivity index (χ3n) is 3.19. The second-order valence-corrected chi connectivity index (χ2v) is 4.34. The van der Waals surface area contributed by atoms with Crippen LogP contribution in [-0.4, -0.2) is 12.4 Å². The molecule has 3 nitrogen and oxygen atoms in total. The SMILES string of the molecule is N=C(N)c1ccccc1OCCC1CCC1. The van der Waals surface area contributed by atoms with E-state index in [1.165, 1.54) is 19.3 Å². The maximum Gasteiger partial charge on any atom is 0.130 e. The average molecular weight is 218 g/mol. The molecule has 0 unspecified atom stereocenters. The Labute approximate surface area is 96.1 Å². The number of amidine groups is 1. The molecule has 0 aromatic heterocycles. The van der Waals surface area contributed by atoms with Gasteiger partial charge >= 0.3 is 0 Å². The summed E-state index contributed by atoms with van der Waals surface area (Å²) in [6, 6.07) is 7.47. The minimum atomic E-state index is 0.0687. The Morgan fingerprint density at radius 1 is 1.38 bits per heavy atom. The van der Waals surface area contributed by atoms with E-state index in [1.807, 2.05) is 24.3 Å². The number of para-hydroxylation sites is 1. The van der Waals surface area contributed by atoms with Gasteiger partial charge in [-0.25, -0.2) is 0 Å². The van der Waals surface area contributed by atoms with E-state index in [9.17, 15) is 0 Å². The first kappa shape index (κ1) is 11.0. The van der Waals surface area contributed by atoms with Gasteiger partial charge in [0.05, 0.1) is 12.2 Å². The summed E-state index contributed by atoms with van der Waals surface area (Å²) in [5.74, 6) is 1.65. The minimum absolute atomic E-state index is 0.0687. The molecule has 2 rings (SSSR count). The second-order valence-electron chi connectivity index (χ2n) is 4.34. The number of nitrogens with two attached hydrogens (primary N) is 1. The number of benzene rings is 1. The van der Waals surface area contributed by atoms with Crippen molar-refractivity contribution in [2.24, 2.45) is 11.7 Å². The molecule has 0 radical (unpaired) electrons. The van der Waals surface area contributed by atoms with E-state index in [0.29, 0.717) is 5.56 Å². The molecule has 1 aliphatic rings.